The predicted octanol–water partition coefficient (Wildman–Crippen LogP) is 2.43. The highest BCUT2D eigenvalue weighted by molar-refractivity contribution is 7.88. The first-order chi connectivity index (χ1) is 9.96. The van der Waals surface area contributed by atoms with E-state index in [1.807, 2.05) is 17.5 Å². The Morgan fingerprint density at radius 2 is 1.95 bits per heavy atom. The minimum Gasteiger partial charge on any atom is -0.388 e. The summed E-state index contributed by atoms with van der Waals surface area (Å²) in [5.74, 6) is -0.606. The summed E-state index contributed by atoms with van der Waals surface area (Å²) in [4.78, 5) is 0.813. The van der Waals surface area contributed by atoms with Crippen LogP contribution in [0.25, 0.3) is 0 Å². The molecule has 1 unspecified atom stereocenters. The second-order valence-corrected chi connectivity index (χ2v) is 7.39. The fourth-order valence-electron chi connectivity index (χ4n) is 1.83. The molecule has 21 heavy (non-hydrogen) atoms. The number of benzene rings is 1. The molecule has 7 heteroatoms. The molecule has 0 saturated carbocycles. The van der Waals surface area contributed by atoms with Crippen LogP contribution in [-0.4, -0.2) is 20.1 Å². The molecule has 1 aromatic heterocycles. The number of aliphatic hydroxyl groups is 1. The van der Waals surface area contributed by atoms with Gasteiger partial charge in [-0.15, -0.1) is 11.3 Å². The highest BCUT2D eigenvalue weighted by Gasteiger charge is 2.13. The zero-order chi connectivity index (χ0) is 15.3. The lowest BCUT2D eigenvalue weighted by Crippen LogP contribution is -2.27. The third kappa shape index (κ3) is 5.20. The molecule has 0 aliphatic rings. The van der Waals surface area contributed by atoms with Crippen molar-refractivity contribution in [2.75, 3.05) is 6.54 Å². The first kappa shape index (κ1) is 16.1. The van der Waals surface area contributed by atoms with Crippen molar-refractivity contribution < 1.29 is 17.9 Å². The molecule has 0 amide bonds. The maximum atomic E-state index is 12.8. The van der Waals surface area contributed by atoms with Gasteiger partial charge >= 0.3 is 0 Å². The topological polar surface area (TPSA) is 66.4 Å². The molecule has 0 saturated heterocycles. The molecule has 0 aliphatic heterocycles. The van der Waals surface area contributed by atoms with Gasteiger partial charge in [0.2, 0.25) is 10.0 Å². The van der Waals surface area contributed by atoms with Crippen LogP contribution in [0.4, 0.5) is 4.39 Å². The van der Waals surface area contributed by atoms with Crippen LogP contribution in [-0.2, 0) is 15.8 Å². The molecule has 1 heterocycles. The van der Waals surface area contributed by atoms with Crippen LogP contribution in [0.15, 0.2) is 41.8 Å². The van der Waals surface area contributed by atoms with Crippen molar-refractivity contribution in [3.8, 4) is 0 Å². The molecular weight excluding hydrogens is 313 g/mol. The fourth-order valence-corrected chi connectivity index (χ4v) is 3.73. The van der Waals surface area contributed by atoms with Gasteiger partial charge in [0.1, 0.15) is 5.82 Å². The van der Waals surface area contributed by atoms with E-state index < -0.39 is 21.9 Å². The zero-order valence-electron chi connectivity index (χ0n) is 11.2. The number of thiophene rings is 1. The lowest BCUT2D eigenvalue weighted by molar-refractivity contribution is 0.173. The summed E-state index contributed by atoms with van der Waals surface area (Å²) in [6.07, 6.45) is -0.359. The second-order valence-electron chi connectivity index (χ2n) is 4.60. The number of hydrogen-bond acceptors (Lipinski definition) is 4. The van der Waals surface area contributed by atoms with Crippen LogP contribution in [0.5, 0.6) is 0 Å². The quantitative estimate of drug-likeness (QED) is 0.820. The zero-order valence-corrected chi connectivity index (χ0v) is 12.8. The van der Waals surface area contributed by atoms with Gasteiger partial charge in [0.15, 0.2) is 0 Å². The molecule has 0 bridgehead atoms. The van der Waals surface area contributed by atoms with Crippen molar-refractivity contribution in [2.24, 2.45) is 0 Å². The maximum absolute atomic E-state index is 12.8. The first-order valence-electron chi connectivity index (χ1n) is 6.39. The summed E-state index contributed by atoms with van der Waals surface area (Å²) >= 11 is 1.43. The van der Waals surface area contributed by atoms with Gasteiger partial charge in [0.05, 0.1) is 11.9 Å². The van der Waals surface area contributed by atoms with E-state index in [0.717, 1.165) is 4.88 Å². The normalized spacial score (nSPS) is 13.2. The summed E-state index contributed by atoms with van der Waals surface area (Å²) in [5, 5.41) is 11.7. The Morgan fingerprint density at radius 1 is 1.24 bits per heavy atom. The molecule has 0 spiro atoms. The Hall–Kier alpha value is -1.28. The van der Waals surface area contributed by atoms with Gasteiger partial charge in [0.25, 0.3) is 0 Å². The van der Waals surface area contributed by atoms with E-state index in [-0.39, 0.29) is 12.3 Å². The van der Waals surface area contributed by atoms with E-state index in [1.54, 1.807) is 0 Å². The minimum absolute atomic E-state index is 0.155. The summed E-state index contributed by atoms with van der Waals surface area (Å²) in [6, 6.07) is 8.98. The van der Waals surface area contributed by atoms with Gasteiger partial charge in [-0.05, 0) is 35.6 Å². The number of sulfonamides is 1. The van der Waals surface area contributed by atoms with E-state index in [9.17, 15) is 17.9 Å². The number of nitrogens with one attached hydrogen (secondary N) is 1. The SMILES string of the molecule is O=S(=O)(Cc1ccc(F)cc1)NCCC(O)c1cccs1. The van der Waals surface area contributed by atoms with E-state index in [2.05, 4.69) is 4.72 Å². The molecule has 114 valence electrons. The largest absolute Gasteiger partial charge is 0.388 e. The maximum Gasteiger partial charge on any atom is 0.215 e. The lowest BCUT2D eigenvalue weighted by Gasteiger charge is -2.10. The number of rotatable bonds is 7. The van der Waals surface area contributed by atoms with Crippen molar-refractivity contribution in [2.45, 2.75) is 18.3 Å². The van der Waals surface area contributed by atoms with Crippen LogP contribution in [0.1, 0.15) is 23.0 Å². The van der Waals surface area contributed by atoms with Crippen LogP contribution in [0.3, 0.4) is 0 Å². The molecule has 0 radical (unpaired) electrons. The molecule has 2 rings (SSSR count). The van der Waals surface area contributed by atoms with Gasteiger partial charge in [-0.25, -0.2) is 17.5 Å². The van der Waals surface area contributed by atoms with Crippen molar-refractivity contribution in [3.05, 3.63) is 58.0 Å². The summed E-state index contributed by atoms with van der Waals surface area (Å²) < 4.78 is 38.9. The molecular formula is C14H16FNO3S2. The predicted molar refractivity (Wildman–Crippen MR) is 80.9 cm³/mol. The Balaban J connectivity index is 1.82. The van der Waals surface area contributed by atoms with Gasteiger partial charge in [0, 0.05) is 11.4 Å². The van der Waals surface area contributed by atoms with Crippen LogP contribution < -0.4 is 4.72 Å². The Kier molecular flexibility index (Phi) is 5.46. The first-order valence-corrected chi connectivity index (χ1v) is 8.93. The van der Waals surface area contributed by atoms with E-state index in [0.29, 0.717) is 12.0 Å². The van der Waals surface area contributed by atoms with Crippen molar-refractivity contribution in [3.63, 3.8) is 0 Å². The number of aliphatic hydroxyl groups excluding tert-OH is 1. The summed E-state index contributed by atoms with van der Waals surface area (Å²) in [6.45, 7) is 0.155. The average molecular weight is 329 g/mol. The monoisotopic (exact) mass is 329 g/mol. The molecule has 1 aromatic carbocycles. The van der Waals surface area contributed by atoms with Gasteiger partial charge in [-0.1, -0.05) is 18.2 Å². The van der Waals surface area contributed by atoms with Gasteiger partial charge < -0.3 is 5.11 Å². The highest BCUT2D eigenvalue weighted by atomic mass is 32.2. The van der Waals surface area contributed by atoms with Gasteiger partial charge in [-0.3, -0.25) is 0 Å². The third-order valence-corrected chi connectivity index (χ3v) is 5.21. The number of hydrogen-bond donors (Lipinski definition) is 2. The minimum atomic E-state index is -3.49. The van der Waals surface area contributed by atoms with Crippen molar-refractivity contribution in [1.82, 2.24) is 4.72 Å². The molecule has 0 fully saturated rings. The van der Waals surface area contributed by atoms with E-state index in [4.69, 9.17) is 0 Å². The standard InChI is InChI=1S/C14H16FNO3S2/c15-12-5-3-11(4-6-12)10-21(18,19)16-8-7-13(17)14-2-1-9-20-14/h1-6,9,13,16-17H,7-8,10H2. The average Bonchev–Trinajstić information content (AvgIpc) is 2.95. The van der Waals surface area contributed by atoms with Crippen LogP contribution in [0.2, 0.25) is 0 Å². The Morgan fingerprint density at radius 3 is 2.57 bits per heavy atom. The number of halogens is 1. The van der Waals surface area contributed by atoms with Gasteiger partial charge in [-0.2, -0.15) is 0 Å². The van der Waals surface area contributed by atoms with Crippen molar-refractivity contribution in [1.29, 1.82) is 0 Å². The second kappa shape index (κ2) is 7.13. The van der Waals surface area contributed by atoms with Crippen LogP contribution in [0, 0.1) is 5.82 Å². The fraction of sp³-hybridized carbons (Fsp3) is 0.286. The highest BCUT2D eigenvalue weighted by Crippen LogP contribution is 2.21. The Bertz CT molecular complexity index is 654. The molecule has 1 atom stereocenters. The van der Waals surface area contributed by atoms with E-state index in [1.165, 1.54) is 35.6 Å². The molecule has 0 aliphatic carbocycles. The summed E-state index contributed by atoms with van der Waals surface area (Å²) in [7, 11) is -3.49. The van der Waals surface area contributed by atoms with Crippen LogP contribution >= 0.6 is 11.3 Å². The van der Waals surface area contributed by atoms with E-state index >= 15 is 0 Å². The molecule has 2 aromatic rings. The smallest absolute Gasteiger partial charge is 0.215 e. The molecule has 2 N–H and O–H groups in total. The lowest BCUT2D eigenvalue weighted by atomic mass is 10.2. The molecule has 4 nitrogen and oxygen atoms in total. The third-order valence-electron chi connectivity index (χ3n) is 2.88. The van der Waals surface area contributed by atoms with Crippen molar-refractivity contribution >= 4 is 21.4 Å². The summed E-state index contributed by atoms with van der Waals surface area (Å²) in [5.41, 5.74) is 0.516. The Labute approximate surface area is 127 Å².